The van der Waals surface area contributed by atoms with E-state index in [1.807, 2.05) is 45.3 Å². The molecule has 1 heterocycles. The molecule has 0 saturated heterocycles. The monoisotopic (exact) mass is 343 g/mol. The van der Waals surface area contributed by atoms with Crippen molar-refractivity contribution in [3.63, 3.8) is 0 Å². The summed E-state index contributed by atoms with van der Waals surface area (Å²) < 4.78 is 5.41. The molecular weight excluding hydrogens is 318 g/mol. The topological polar surface area (TPSA) is 79.4 Å². The second kappa shape index (κ2) is 9.58. The number of carbonyl (C=O) groups is 1. The Morgan fingerprint density at radius 1 is 1.20 bits per heavy atom. The van der Waals surface area contributed by atoms with Crippen molar-refractivity contribution in [2.75, 3.05) is 39.1 Å². The fraction of sp³-hybridized carbons (Fsp3) is 0.389. The van der Waals surface area contributed by atoms with E-state index in [4.69, 9.17) is 4.74 Å². The van der Waals surface area contributed by atoms with Crippen LogP contribution in [0.15, 0.2) is 36.7 Å². The molecule has 0 bridgehead atoms. The third kappa shape index (κ3) is 6.39. The number of hydrogen-bond donors (Lipinski definition) is 2. The van der Waals surface area contributed by atoms with Crippen molar-refractivity contribution in [1.82, 2.24) is 20.2 Å². The molecule has 134 valence electrons. The molecule has 25 heavy (non-hydrogen) atoms. The van der Waals surface area contributed by atoms with Gasteiger partial charge in [-0.05, 0) is 58.3 Å². The first-order chi connectivity index (χ1) is 12.1. The minimum atomic E-state index is -0.198. The quantitative estimate of drug-likeness (QED) is 0.680. The van der Waals surface area contributed by atoms with Gasteiger partial charge in [0.1, 0.15) is 23.6 Å². The summed E-state index contributed by atoms with van der Waals surface area (Å²) in [5.41, 5.74) is 1.20. The fourth-order valence-corrected chi connectivity index (χ4v) is 2.19. The van der Waals surface area contributed by atoms with Crippen molar-refractivity contribution >= 4 is 17.4 Å². The Labute approximate surface area is 148 Å². The Kier molecular flexibility index (Phi) is 7.16. The summed E-state index contributed by atoms with van der Waals surface area (Å²) >= 11 is 0. The van der Waals surface area contributed by atoms with Crippen LogP contribution in [-0.2, 0) is 0 Å². The molecule has 0 atom stereocenters. The van der Waals surface area contributed by atoms with E-state index in [2.05, 4.69) is 25.5 Å². The van der Waals surface area contributed by atoms with Crippen molar-refractivity contribution in [3.8, 4) is 5.75 Å². The standard InChI is InChI=1S/C18H25N5O2/c1-4-25-15-8-6-14(7-9-15)22-17-12-16(20-13-21-17)18(24)19-10-5-11-23(2)3/h6-9,12-13H,4-5,10-11H2,1-3H3,(H,19,24)(H,20,21,22). The van der Waals surface area contributed by atoms with Crippen LogP contribution in [0, 0.1) is 0 Å². The van der Waals surface area contributed by atoms with Crippen molar-refractivity contribution in [2.45, 2.75) is 13.3 Å². The van der Waals surface area contributed by atoms with Crippen LogP contribution in [0.2, 0.25) is 0 Å². The average molecular weight is 343 g/mol. The summed E-state index contributed by atoms with van der Waals surface area (Å²) in [6.45, 7) is 4.11. The van der Waals surface area contributed by atoms with E-state index in [1.54, 1.807) is 6.07 Å². The van der Waals surface area contributed by atoms with E-state index in [0.717, 1.165) is 24.4 Å². The van der Waals surface area contributed by atoms with Crippen molar-refractivity contribution in [3.05, 3.63) is 42.4 Å². The maximum Gasteiger partial charge on any atom is 0.270 e. The molecule has 0 saturated carbocycles. The molecule has 1 aromatic carbocycles. The van der Waals surface area contributed by atoms with Gasteiger partial charge in [0.25, 0.3) is 5.91 Å². The number of anilines is 2. The first-order valence-corrected chi connectivity index (χ1v) is 8.33. The van der Waals surface area contributed by atoms with Crippen molar-refractivity contribution in [2.24, 2.45) is 0 Å². The number of aromatic nitrogens is 2. The van der Waals surface area contributed by atoms with E-state index >= 15 is 0 Å². The van der Waals surface area contributed by atoms with Gasteiger partial charge in [-0.15, -0.1) is 0 Å². The van der Waals surface area contributed by atoms with Crippen LogP contribution in [0.25, 0.3) is 0 Å². The Balaban J connectivity index is 1.92. The van der Waals surface area contributed by atoms with Crippen LogP contribution < -0.4 is 15.4 Å². The molecule has 7 heteroatoms. The highest BCUT2D eigenvalue weighted by Crippen LogP contribution is 2.19. The molecule has 0 aliphatic rings. The van der Waals surface area contributed by atoms with Crippen LogP contribution in [0.5, 0.6) is 5.75 Å². The van der Waals surface area contributed by atoms with Crippen LogP contribution in [0.4, 0.5) is 11.5 Å². The van der Waals surface area contributed by atoms with Gasteiger partial charge in [0.05, 0.1) is 6.61 Å². The van der Waals surface area contributed by atoms with Crippen molar-refractivity contribution in [1.29, 1.82) is 0 Å². The number of amides is 1. The fourth-order valence-electron chi connectivity index (χ4n) is 2.19. The number of nitrogens with one attached hydrogen (secondary N) is 2. The largest absolute Gasteiger partial charge is 0.494 e. The molecule has 0 unspecified atom stereocenters. The van der Waals surface area contributed by atoms with Gasteiger partial charge in [0.2, 0.25) is 0 Å². The third-order valence-corrected chi connectivity index (χ3v) is 3.41. The molecule has 0 aliphatic carbocycles. The average Bonchev–Trinajstić information content (AvgIpc) is 2.60. The number of carbonyl (C=O) groups excluding carboxylic acids is 1. The van der Waals surface area contributed by atoms with Gasteiger partial charge < -0.3 is 20.3 Å². The van der Waals surface area contributed by atoms with Crippen LogP contribution in [-0.4, -0.2) is 54.6 Å². The highest BCUT2D eigenvalue weighted by atomic mass is 16.5. The van der Waals surface area contributed by atoms with Crippen molar-refractivity contribution < 1.29 is 9.53 Å². The first kappa shape index (κ1) is 18.7. The molecule has 0 aliphatic heterocycles. The zero-order valence-corrected chi connectivity index (χ0v) is 15.0. The summed E-state index contributed by atoms with van der Waals surface area (Å²) in [4.78, 5) is 22.4. The highest BCUT2D eigenvalue weighted by molar-refractivity contribution is 5.92. The van der Waals surface area contributed by atoms with Gasteiger partial charge in [-0.2, -0.15) is 0 Å². The number of nitrogens with zero attached hydrogens (tertiary/aromatic N) is 3. The van der Waals surface area contributed by atoms with Gasteiger partial charge in [-0.25, -0.2) is 9.97 Å². The van der Waals surface area contributed by atoms with Gasteiger partial charge in [0, 0.05) is 18.3 Å². The predicted molar refractivity (Wildman–Crippen MR) is 98.4 cm³/mol. The van der Waals surface area contributed by atoms with Crippen LogP contribution in [0.1, 0.15) is 23.8 Å². The second-order valence-electron chi connectivity index (χ2n) is 5.78. The lowest BCUT2D eigenvalue weighted by atomic mass is 10.3. The number of ether oxygens (including phenoxy) is 1. The lowest BCUT2D eigenvalue weighted by Gasteiger charge is -2.10. The predicted octanol–water partition coefficient (Wildman–Crippen LogP) is 2.30. The molecule has 2 N–H and O–H groups in total. The molecule has 7 nitrogen and oxygen atoms in total. The van der Waals surface area contributed by atoms with E-state index in [0.29, 0.717) is 24.7 Å². The third-order valence-electron chi connectivity index (χ3n) is 3.41. The molecule has 0 spiro atoms. The smallest absolute Gasteiger partial charge is 0.270 e. The molecule has 1 aromatic heterocycles. The highest BCUT2D eigenvalue weighted by Gasteiger charge is 2.08. The first-order valence-electron chi connectivity index (χ1n) is 8.33. The van der Waals surface area contributed by atoms with E-state index in [9.17, 15) is 4.79 Å². The Morgan fingerprint density at radius 2 is 1.96 bits per heavy atom. The zero-order valence-electron chi connectivity index (χ0n) is 15.0. The molecule has 0 radical (unpaired) electrons. The summed E-state index contributed by atoms with van der Waals surface area (Å²) in [6, 6.07) is 9.19. The molecule has 2 aromatic rings. The summed E-state index contributed by atoms with van der Waals surface area (Å²) in [5, 5.41) is 6.02. The molecule has 2 rings (SSSR count). The molecule has 1 amide bonds. The number of benzene rings is 1. The molecule has 0 fully saturated rings. The Morgan fingerprint density at radius 3 is 2.64 bits per heavy atom. The number of hydrogen-bond acceptors (Lipinski definition) is 6. The van der Waals surface area contributed by atoms with Gasteiger partial charge >= 0.3 is 0 Å². The summed E-state index contributed by atoms with van der Waals surface area (Å²) in [7, 11) is 4.01. The summed E-state index contributed by atoms with van der Waals surface area (Å²) in [6.07, 6.45) is 2.27. The Bertz CT molecular complexity index is 673. The normalized spacial score (nSPS) is 10.6. The van der Waals surface area contributed by atoms with Gasteiger partial charge in [-0.1, -0.05) is 0 Å². The van der Waals surface area contributed by atoms with Crippen LogP contribution in [0.3, 0.4) is 0 Å². The Hall–Kier alpha value is -2.67. The lowest BCUT2D eigenvalue weighted by Crippen LogP contribution is -2.27. The minimum Gasteiger partial charge on any atom is -0.494 e. The summed E-state index contributed by atoms with van der Waals surface area (Å²) in [5.74, 6) is 1.18. The SMILES string of the molecule is CCOc1ccc(Nc2cc(C(=O)NCCCN(C)C)ncn2)cc1. The van der Waals surface area contributed by atoms with Crippen LogP contribution >= 0.6 is 0 Å². The van der Waals surface area contributed by atoms with E-state index < -0.39 is 0 Å². The van der Waals surface area contributed by atoms with Gasteiger partial charge in [-0.3, -0.25) is 4.79 Å². The van der Waals surface area contributed by atoms with Gasteiger partial charge in [0.15, 0.2) is 0 Å². The maximum atomic E-state index is 12.2. The second-order valence-corrected chi connectivity index (χ2v) is 5.78. The van der Waals surface area contributed by atoms with E-state index in [-0.39, 0.29) is 5.91 Å². The molecular formula is C18H25N5O2. The minimum absolute atomic E-state index is 0.198. The maximum absolute atomic E-state index is 12.2. The lowest BCUT2D eigenvalue weighted by molar-refractivity contribution is 0.0947. The number of rotatable bonds is 9. The van der Waals surface area contributed by atoms with E-state index in [1.165, 1.54) is 6.33 Å². The zero-order chi connectivity index (χ0) is 18.1.